The first-order valence-electron chi connectivity index (χ1n) is 21.2. The molecule has 1 aliphatic carbocycles. The molecule has 6 heterocycles. The SMILES string of the molecule is C#Cc1c(/C=C2\CN(c3ccccc3)c3ccccc32)n(-c2ncc3nc(N4c5ccccc5C5C=Cc6c(n(-c7ccccc7)c7ccccc67)C54)cnc3n2)c2ccccc12. The number of para-hydroxylation sites is 6. The standard InChI is InChI=1S/C55H36N8/c1-2-38-40-22-10-15-27-48(40)62(50(38)31-35-34-60(36-17-5-3-6-18-36)46-25-13-9-21-39(35)46)55-57-32-45-54(59-55)56-33-51(58-45)63-49-28-16-12-24-42(49)44-30-29-43-41-23-11-14-26-47(41)61(52(43)53(44)63)37-19-7-4-8-20-37/h1,3-33,44,53H,34H2/b35-31+. The number of nitrogens with zero attached hydrogens (tertiary/aromatic N) is 8. The molecule has 0 N–H and O–H groups in total. The summed E-state index contributed by atoms with van der Waals surface area (Å²) in [6.07, 6.45) is 16.9. The van der Waals surface area contributed by atoms with E-state index in [9.17, 15) is 0 Å². The van der Waals surface area contributed by atoms with E-state index in [4.69, 9.17) is 26.4 Å². The molecule has 0 radical (unpaired) electrons. The molecule has 6 aromatic carbocycles. The molecule has 0 bridgehead atoms. The molecule has 0 spiro atoms. The minimum Gasteiger partial charge on any atom is -0.336 e. The van der Waals surface area contributed by atoms with Crippen LogP contribution in [-0.4, -0.2) is 35.6 Å². The van der Waals surface area contributed by atoms with E-state index >= 15 is 0 Å². The van der Waals surface area contributed by atoms with Gasteiger partial charge < -0.3 is 14.4 Å². The Hall–Kier alpha value is -8.54. The molecule has 13 rings (SSSR count). The van der Waals surface area contributed by atoms with Crippen molar-refractivity contribution in [3.05, 3.63) is 210 Å². The highest BCUT2D eigenvalue weighted by atomic mass is 15.3. The molecule has 2 aliphatic heterocycles. The Labute approximate surface area is 363 Å². The van der Waals surface area contributed by atoms with Crippen molar-refractivity contribution in [2.75, 3.05) is 16.3 Å². The van der Waals surface area contributed by atoms with Crippen LogP contribution >= 0.6 is 0 Å². The zero-order valence-electron chi connectivity index (χ0n) is 33.9. The average Bonchev–Trinajstić information content (AvgIpc) is 4.08. The van der Waals surface area contributed by atoms with Crippen LogP contribution in [0, 0.1) is 12.3 Å². The van der Waals surface area contributed by atoms with Crippen molar-refractivity contribution >= 4 is 73.6 Å². The van der Waals surface area contributed by atoms with Crippen LogP contribution in [0.3, 0.4) is 0 Å². The van der Waals surface area contributed by atoms with E-state index in [0.717, 1.165) is 61.9 Å². The van der Waals surface area contributed by atoms with Crippen LogP contribution < -0.4 is 9.80 Å². The Kier molecular flexibility index (Phi) is 7.69. The molecular weight excluding hydrogens is 773 g/mol. The first-order valence-corrected chi connectivity index (χ1v) is 21.2. The molecule has 0 fully saturated rings. The molecule has 8 nitrogen and oxygen atoms in total. The van der Waals surface area contributed by atoms with Crippen LogP contribution in [0.2, 0.25) is 0 Å². The van der Waals surface area contributed by atoms with Gasteiger partial charge in [0.2, 0.25) is 5.95 Å². The highest BCUT2D eigenvalue weighted by Crippen LogP contribution is 2.57. The molecule has 0 amide bonds. The number of aromatic nitrogens is 6. The van der Waals surface area contributed by atoms with Crippen molar-refractivity contribution in [3.8, 4) is 24.0 Å². The first kappa shape index (κ1) is 35.2. The molecule has 63 heavy (non-hydrogen) atoms. The van der Waals surface area contributed by atoms with Gasteiger partial charge in [0, 0.05) is 57.1 Å². The second-order valence-corrected chi connectivity index (χ2v) is 16.2. The van der Waals surface area contributed by atoms with Crippen LogP contribution in [0.25, 0.3) is 62.3 Å². The molecule has 2 unspecified atom stereocenters. The number of hydrogen-bond acceptors (Lipinski definition) is 6. The van der Waals surface area contributed by atoms with Crippen LogP contribution in [0.15, 0.2) is 176 Å². The predicted octanol–water partition coefficient (Wildman–Crippen LogP) is 12.0. The van der Waals surface area contributed by atoms with Crippen LogP contribution in [0.5, 0.6) is 0 Å². The van der Waals surface area contributed by atoms with Gasteiger partial charge in [-0.05, 0) is 65.7 Å². The minimum absolute atomic E-state index is 0.0792. The minimum atomic E-state index is -0.0792. The third kappa shape index (κ3) is 5.23. The fraction of sp³-hybridized carbons (Fsp3) is 0.0545. The van der Waals surface area contributed by atoms with Gasteiger partial charge in [-0.1, -0.05) is 127 Å². The van der Waals surface area contributed by atoms with Gasteiger partial charge in [0.05, 0.1) is 46.4 Å². The largest absolute Gasteiger partial charge is 0.336 e. The first-order chi connectivity index (χ1) is 31.2. The summed E-state index contributed by atoms with van der Waals surface area (Å²) in [6, 6.07) is 55.1. The summed E-state index contributed by atoms with van der Waals surface area (Å²) >= 11 is 0. The summed E-state index contributed by atoms with van der Waals surface area (Å²) in [6.45, 7) is 0.687. The second-order valence-electron chi connectivity index (χ2n) is 16.2. The summed E-state index contributed by atoms with van der Waals surface area (Å²) in [5.74, 6) is 4.34. The number of terminal acetylenes is 1. The Morgan fingerprint density at radius 2 is 1.32 bits per heavy atom. The number of benzene rings is 6. The zero-order chi connectivity index (χ0) is 41.6. The van der Waals surface area contributed by atoms with Crippen LogP contribution in [0.4, 0.5) is 22.9 Å². The van der Waals surface area contributed by atoms with Gasteiger partial charge in [0.1, 0.15) is 5.52 Å². The number of rotatable bonds is 5. The highest BCUT2D eigenvalue weighted by Gasteiger charge is 2.45. The van der Waals surface area contributed by atoms with Crippen LogP contribution in [-0.2, 0) is 0 Å². The summed E-state index contributed by atoms with van der Waals surface area (Å²) in [4.78, 5) is 25.2. The van der Waals surface area contributed by atoms with Gasteiger partial charge in [-0.15, -0.1) is 6.42 Å². The number of hydrogen-bond donors (Lipinski definition) is 0. The molecule has 10 aromatic rings. The van der Waals surface area contributed by atoms with Gasteiger partial charge in [-0.2, -0.15) is 4.98 Å². The van der Waals surface area contributed by atoms with Crippen molar-refractivity contribution in [1.82, 2.24) is 29.1 Å². The maximum atomic E-state index is 6.36. The maximum absolute atomic E-state index is 6.36. The molecule has 4 aromatic heterocycles. The average molecular weight is 809 g/mol. The van der Waals surface area contributed by atoms with Gasteiger partial charge >= 0.3 is 0 Å². The monoisotopic (exact) mass is 808 g/mol. The zero-order valence-corrected chi connectivity index (χ0v) is 33.9. The lowest BCUT2D eigenvalue weighted by Gasteiger charge is -2.32. The maximum Gasteiger partial charge on any atom is 0.236 e. The van der Waals surface area contributed by atoms with Gasteiger partial charge in [-0.25, -0.2) is 15.0 Å². The van der Waals surface area contributed by atoms with Crippen molar-refractivity contribution < 1.29 is 0 Å². The smallest absolute Gasteiger partial charge is 0.236 e. The van der Waals surface area contributed by atoms with Crippen molar-refractivity contribution in [1.29, 1.82) is 0 Å². The van der Waals surface area contributed by atoms with Gasteiger partial charge in [-0.3, -0.25) is 4.57 Å². The normalized spacial score (nSPS) is 16.7. The van der Waals surface area contributed by atoms with E-state index in [2.05, 4.69) is 183 Å². The lowest BCUT2D eigenvalue weighted by Crippen LogP contribution is -2.27. The summed E-state index contributed by atoms with van der Waals surface area (Å²) < 4.78 is 4.50. The predicted molar refractivity (Wildman–Crippen MR) is 254 cm³/mol. The van der Waals surface area contributed by atoms with Crippen molar-refractivity contribution in [2.24, 2.45) is 0 Å². The Balaban J connectivity index is 0.952. The highest BCUT2D eigenvalue weighted by molar-refractivity contribution is 6.01. The fourth-order valence-corrected chi connectivity index (χ4v) is 10.3. The summed E-state index contributed by atoms with van der Waals surface area (Å²) in [5, 5.41) is 2.18. The molecule has 296 valence electrons. The number of anilines is 4. The van der Waals surface area contributed by atoms with E-state index in [-0.39, 0.29) is 12.0 Å². The molecule has 0 saturated carbocycles. The lowest BCUT2D eigenvalue weighted by molar-refractivity contribution is 0.632. The fourth-order valence-electron chi connectivity index (χ4n) is 10.3. The Bertz CT molecular complexity index is 3590. The van der Waals surface area contributed by atoms with E-state index < -0.39 is 0 Å². The molecule has 3 aliphatic rings. The van der Waals surface area contributed by atoms with E-state index in [1.54, 1.807) is 6.20 Å². The number of fused-ring (bicyclic) bond motifs is 10. The third-order valence-electron chi connectivity index (χ3n) is 12.9. The quantitative estimate of drug-likeness (QED) is 0.161. The summed E-state index contributed by atoms with van der Waals surface area (Å²) in [7, 11) is 0. The Morgan fingerprint density at radius 3 is 2.13 bits per heavy atom. The third-order valence-corrected chi connectivity index (χ3v) is 12.9. The van der Waals surface area contributed by atoms with E-state index in [1.807, 2.05) is 24.4 Å². The van der Waals surface area contributed by atoms with E-state index in [1.165, 1.54) is 27.7 Å². The van der Waals surface area contributed by atoms with Crippen LogP contribution in [0.1, 0.15) is 45.6 Å². The summed E-state index contributed by atoms with van der Waals surface area (Å²) in [5.41, 5.74) is 15.4. The van der Waals surface area contributed by atoms with E-state index in [0.29, 0.717) is 23.7 Å². The lowest BCUT2D eigenvalue weighted by atomic mass is 9.86. The molecule has 0 saturated heterocycles. The molecular formula is C55H36N8. The van der Waals surface area contributed by atoms with Crippen molar-refractivity contribution in [3.63, 3.8) is 0 Å². The Morgan fingerprint density at radius 1 is 0.635 bits per heavy atom. The topological polar surface area (TPSA) is 67.9 Å². The second kappa shape index (κ2) is 13.7. The van der Waals surface area contributed by atoms with Crippen molar-refractivity contribution in [2.45, 2.75) is 12.0 Å². The van der Waals surface area contributed by atoms with Gasteiger partial charge in [0.15, 0.2) is 11.5 Å². The molecule has 2 atom stereocenters. The molecule has 8 heteroatoms. The van der Waals surface area contributed by atoms with Gasteiger partial charge in [0.25, 0.3) is 0 Å².